The minimum atomic E-state index is -2.47. The minimum absolute atomic E-state index is 0. The summed E-state index contributed by atoms with van der Waals surface area (Å²) < 4.78 is 25.7. The van der Waals surface area contributed by atoms with Gasteiger partial charge in [0, 0.05) is 16.5 Å². The van der Waals surface area contributed by atoms with Crippen molar-refractivity contribution in [3.63, 3.8) is 0 Å². The molecule has 1 unspecified atom stereocenters. The molecule has 0 radical (unpaired) electrons. The smallest absolute Gasteiger partial charge is 0.766 e. The number of hydrogen-bond donors (Lipinski definition) is 0. The van der Waals surface area contributed by atoms with E-state index in [0.717, 1.165) is 0 Å². The summed E-state index contributed by atoms with van der Waals surface area (Å²) in [5.74, 6) is 0. The topological polar surface area (TPSA) is 66.2 Å². The fraction of sp³-hybridized carbons (Fsp3) is 0.571. The van der Waals surface area contributed by atoms with Crippen LogP contribution in [0.1, 0.15) is 26.5 Å². The summed E-state index contributed by atoms with van der Waals surface area (Å²) in [4.78, 5) is 0. The van der Waals surface area contributed by atoms with Crippen molar-refractivity contribution in [3.05, 3.63) is 10.7 Å². The van der Waals surface area contributed by atoms with Gasteiger partial charge >= 0.3 is 29.6 Å². The van der Waals surface area contributed by atoms with Gasteiger partial charge in [0.25, 0.3) is 0 Å². The van der Waals surface area contributed by atoms with Crippen LogP contribution in [0.2, 0.25) is 5.02 Å². The molecular formula is C7H9ClNNaO3S. The number of aromatic nitrogens is 1. The molecule has 0 fully saturated rings. The van der Waals surface area contributed by atoms with Gasteiger partial charge in [0.15, 0.2) is 0 Å². The van der Waals surface area contributed by atoms with Gasteiger partial charge in [-0.25, -0.2) is 0 Å². The molecule has 7 heteroatoms. The fourth-order valence-corrected chi connectivity index (χ4v) is 1.72. The van der Waals surface area contributed by atoms with Crippen LogP contribution < -0.4 is 29.6 Å². The molecule has 14 heavy (non-hydrogen) atoms. The Morgan fingerprint density at radius 1 is 1.50 bits per heavy atom. The summed E-state index contributed by atoms with van der Waals surface area (Å²) in [5.41, 5.74) is 0.131. The maximum Gasteiger partial charge on any atom is 1.00 e. The number of rotatable bonds is 1. The van der Waals surface area contributed by atoms with Gasteiger partial charge in [-0.1, -0.05) is 37.5 Å². The van der Waals surface area contributed by atoms with E-state index >= 15 is 0 Å². The van der Waals surface area contributed by atoms with Gasteiger partial charge < -0.3 is 9.08 Å². The largest absolute Gasteiger partial charge is 1.00 e. The van der Waals surface area contributed by atoms with Crippen LogP contribution in [0.15, 0.2) is 9.62 Å². The zero-order valence-electron chi connectivity index (χ0n) is 8.46. The molecule has 1 aromatic heterocycles. The minimum Gasteiger partial charge on any atom is -0.766 e. The van der Waals surface area contributed by atoms with Crippen LogP contribution in [0.25, 0.3) is 0 Å². The van der Waals surface area contributed by atoms with Crippen molar-refractivity contribution in [2.75, 3.05) is 0 Å². The van der Waals surface area contributed by atoms with Crippen LogP contribution in [-0.2, 0) is 16.5 Å². The van der Waals surface area contributed by atoms with Crippen molar-refractivity contribution in [2.24, 2.45) is 0 Å². The molecule has 1 aromatic rings. The zero-order chi connectivity index (χ0) is 10.2. The quantitative estimate of drug-likeness (QED) is 0.464. The average Bonchev–Trinajstić information content (AvgIpc) is 2.28. The van der Waals surface area contributed by atoms with E-state index in [2.05, 4.69) is 9.68 Å². The van der Waals surface area contributed by atoms with Gasteiger partial charge in [0.1, 0.15) is 10.7 Å². The maximum atomic E-state index is 10.5. The molecular weight excluding hydrogens is 237 g/mol. The van der Waals surface area contributed by atoms with Gasteiger partial charge in [0.05, 0.1) is 0 Å². The van der Waals surface area contributed by atoms with Crippen molar-refractivity contribution in [1.29, 1.82) is 0 Å². The average molecular weight is 246 g/mol. The van der Waals surface area contributed by atoms with E-state index in [-0.39, 0.29) is 45.1 Å². The van der Waals surface area contributed by atoms with Crippen molar-refractivity contribution in [2.45, 2.75) is 31.3 Å². The van der Waals surface area contributed by atoms with Crippen molar-refractivity contribution >= 4 is 22.7 Å². The standard InChI is InChI=1S/C7H10ClNO3S.Na/c1-7(2,3)5-4(8)6(12-9-5)13(10)11;/h1-3H3,(H,10,11);/q;+1/p-1. The molecule has 1 rings (SSSR count). The Morgan fingerprint density at radius 3 is 2.21 bits per heavy atom. The second kappa shape index (κ2) is 5.09. The van der Waals surface area contributed by atoms with E-state index in [1.54, 1.807) is 0 Å². The molecule has 0 spiro atoms. The normalized spacial score (nSPS) is 13.5. The van der Waals surface area contributed by atoms with Crippen molar-refractivity contribution < 1.29 is 42.8 Å². The molecule has 0 aliphatic carbocycles. The number of hydrogen-bond acceptors (Lipinski definition) is 4. The Hall–Kier alpha value is 0.610. The van der Waals surface area contributed by atoms with Gasteiger partial charge in [-0.05, 0) is 0 Å². The van der Waals surface area contributed by atoms with Crippen LogP contribution in [0.3, 0.4) is 0 Å². The van der Waals surface area contributed by atoms with Crippen molar-refractivity contribution in [3.8, 4) is 0 Å². The number of halogens is 1. The van der Waals surface area contributed by atoms with Gasteiger partial charge in [-0.2, -0.15) is 0 Å². The molecule has 0 saturated heterocycles. The summed E-state index contributed by atoms with van der Waals surface area (Å²) >= 11 is 3.29. The van der Waals surface area contributed by atoms with E-state index in [1.165, 1.54) is 0 Å². The predicted molar refractivity (Wildman–Crippen MR) is 47.4 cm³/mol. The van der Waals surface area contributed by atoms with E-state index in [1.807, 2.05) is 20.8 Å². The van der Waals surface area contributed by atoms with E-state index in [0.29, 0.717) is 5.69 Å². The first-order valence-electron chi connectivity index (χ1n) is 3.59. The zero-order valence-corrected chi connectivity index (χ0v) is 12.0. The third-order valence-corrected chi connectivity index (χ3v) is 2.51. The molecule has 1 atom stereocenters. The summed E-state index contributed by atoms with van der Waals surface area (Å²) in [6, 6.07) is 0. The Bertz CT molecular complexity index is 347. The Kier molecular flexibility index (Phi) is 5.32. The fourth-order valence-electron chi connectivity index (χ4n) is 0.834. The first-order chi connectivity index (χ1) is 5.84. The molecule has 0 amide bonds. The monoisotopic (exact) mass is 245 g/mol. The van der Waals surface area contributed by atoms with Crippen LogP contribution in [0.5, 0.6) is 0 Å². The van der Waals surface area contributed by atoms with Gasteiger partial charge in [0.2, 0.25) is 5.09 Å². The molecule has 0 saturated carbocycles. The molecule has 0 aromatic carbocycles. The molecule has 0 N–H and O–H groups in total. The molecule has 0 bridgehead atoms. The van der Waals surface area contributed by atoms with Gasteiger partial charge in [-0.3, -0.25) is 4.21 Å². The van der Waals surface area contributed by atoms with Crippen molar-refractivity contribution in [1.82, 2.24) is 5.16 Å². The number of nitrogens with zero attached hydrogens (tertiary/aromatic N) is 1. The summed E-state index contributed by atoms with van der Waals surface area (Å²) in [5, 5.41) is 3.38. The van der Waals surface area contributed by atoms with Crippen LogP contribution in [-0.4, -0.2) is 13.9 Å². The van der Waals surface area contributed by atoms with Crippen LogP contribution in [0.4, 0.5) is 0 Å². The third-order valence-electron chi connectivity index (χ3n) is 1.47. The Morgan fingerprint density at radius 2 is 2.00 bits per heavy atom. The summed E-state index contributed by atoms with van der Waals surface area (Å²) in [6.07, 6.45) is 0. The second-order valence-corrected chi connectivity index (χ2v) is 4.84. The maximum absolute atomic E-state index is 10.5. The first-order valence-corrected chi connectivity index (χ1v) is 5.04. The summed E-state index contributed by atoms with van der Waals surface area (Å²) in [6.45, 7) is 5.61. The van der Waals surface area contributed by atoms with Crippen LogP contribution >= 0.6 is 11.6 Å². The Labute approximate surface area is 112 Å². The van der Waals surface area contributed by atoms with E-state index in [4.69, 9.17) is 11.6 Å². The molecule has 0 aliphatic heterocycles. The molecule has 0 aliphatic rings. The third kappa shape index (κ3) is 3.05. The van der Waals surface area contributed by atoms with Gasteiger partial charge in [-0.15, -0.1) is 0 Å². The molecule has 1 heterocycles. The Balaban J connectivity index is 0.00000169. The van der Waals surface area contributed by atoms with Crippen LogP contribution in [0, 0.1) is 0 Å². The SMILES string of the molecule is CC(C)(C)c1noc(S(=O)[O-])c1Cl.[Na+]. The first kappa shape index (κ1) is 14.6. The summed E-state index contributed by atoms with van der Waals surface area (Å²) in [7, 11) is 0. The van der Waals surface area contributed by atoms with E-state index in [9.17, 15) is 8.76 Å². The molecule has 74 valence electrons. The second-order valence-electron chi connectivity index (χ2n) is 3.62. The van der Waals surface area contributed by atoms with E-state index < -0.39 is 11.1 Å². The predicted octanol–water partition coefficient (Wildman–Crippen LogP) is -1.13. The molecule has 4 nitrogen and oxygen atoms in total.